The molecule has 5 rings (SSSR count). The molecule has 1 unspecified atom stereocenters. The van der Waals surface area contributed by atoms with Crippen LogP contribution in [-0.2, 0) is 11.3 Å². The molecule has 5 nitrogen and oxygen atoms in total. The highest BCUT2D eigenvalue weighted by atomic mass is 16.3. The zero-order valence-corrected chi connectivity index (χ0v) is 16.7. The lowest BCUT2D eigenvalue weighted by molar-refractivity contribution is -0.127. The van der Waals surface area contributed by atoms with E-state index in [4.69, 9.17) is 4.42 Å². The molecule has 1 aliphatic heterocycles. The lowest BCUT2D eigenvalue weighted by Crippen LogP contribution is -2.63. The summed E-state index contributed by atoms with van der Waals surface area (Å²) < 4.78 is 5.40. The van der Waals surface area contributed by atoms with Crippen LogP contribution in [0.3, 0.4) is 0 Å². The number of carbonyl (C=O) groups excluding carboxylic acids is 2. The fourth-order valence-corrected chi connectivity index (χ4v) is 5.99. The summed E-state index contributed by atoms with van der Waals surface area (Å²) in [6, 6.07) is 11.7. The second kappa shape index (κ2) is 7.36. The molecule has 1 spiro atoms. The SMILES string of the molecule is O=C(NCc1ccco1)C1c2ccccc2C(=O)N(C2CCCC2)C12CCCC2. The Kier molecular flexibility index (Phi) is 4.69. The maximum atomic E-state index is 13.7. The van der Waals surface area contributed by atoms with Crippen LogP contribution in [0, 0.1) is 0 Å². The van der Waals surface area contributed by atoms with Gasteiger partial charge < -0.3 is 14.6 Å². The molecule has 1 N–H and O–H groups in total. The molecule has 1 atom stereocenters. The molecule has 1 aromatic heterocycles. The third-order valence-electron chi connectivity index (χ3n) is 7.18. The van der Waals surface area contributed by atoms with Crippen molar-refractivity contribution in [2.75, 3.05) is 0 Å². The summed E-state index contributed by atoms with van der Waals surface area (Å²) in [4.78, 5) is 29.4. The summed E-state index contributed by atoms with van der Waals surface area (Å²) in [5.41, 5.74) is 1.20. The van der Waals surface area contributed by atoms with Gasteiger partial charge in [0.25, 0.3) is 5.91 Å². The number of hydrogen-bond donors (Lipinski definition) is 1. The Labute approximate surface area is 171 Å². The van der Waals surface area contributed by atoms with Gasteiger partial charge in [0, 0.05) is 11.6 Å². The Morgan fingerprint density at radius 3 is 2.55 bits per heavy atom. The summed E-state index contributed by atoms with van der Waals surface area (Å²) in [5, 5.41) is 3.10. The summed E-state index contributed by atoms with van der Waals surface area (Å²) in [7, 11) is 0. The second-order valence-corrected chi connectivity index (χ2v) is 8.74. The van der Waals surface area contributed by atoms with E-state index in [9.17, 15) is 9.59 Å². The molecule has 152 valence electrons. The lowest BCUT2D eigenvalue weighted by Gasteiger charge is -2.52. The zero-order valence-electron chi connectivity index (χ0n) is 16.7. The highest BCUT2D eigenvalue weighted by Crippen LogP contribution is 2.52. The lowest BCUT2D eigenvalue weighted by atomic mass is 9.70. The summed E-state index contributed by atoms with van der Waals surface area (Å²) in [5.74, 6) is 0.553. The van der Waals surface area contributed by atoms with Crippen molar-refractivity contribution in [2.45, 2.75) is 75.4 Å². The van der Waals surface area contributed by atoms with Gasteiger partial charge >= 0.3 is 0 Å². The van der Waals surface area contributed by atoms with Crippen LogP contribution in [0.1, 0.15) is 79.0 Å². The molecule has 0 saturated heterocycles. The van der Waals surface area contributed by atoms with Crippen LogP contribution in [0.2, 0.25) is 0 Å². The number of amides is 2. The van der Waals surface area contributed by atoms with Gasteiger partial charge in [0.05, 0.1) is 24.3 Å². The Morgan fingerprint density at radius 1 is 1.07 bits per heavy atom. The molecule has 2 aromatic rings. The number of benzene rings is 1. The molecule has 2 amide bonds. The molecular weight excluding hydrogens is 364 g/mol. The highest BCUT2D eigenvalue weighted by Gasteiger charge is 2.57. The van der Waals surface area contributed by atoms with Gasteiger partial charge in [-0.25, -0.2) is 0 Å². The van der Waals surface area contributed by atoms with Gasteiger partial charge in [0.1, 0.15) is 5.76 Å². The van der Waals surface area contributed by atoms with Crippen LogP contribution in [0.15, 0.2) is 47.1 Å². The summed E-state index contributed by atoms with van der Waals surface area (Å²) in [6.07, 6.45) is 10.0. The van der Waals surface area contributed by atoms with Crippen molar-refractivity contribution in [3.63, 3.8) is 0 Å². The van der Waals surface area contributed by atoms with E-state index >= 15 is 0 Å². The third-order valence-corrected chi connectivity index (χ3v) is 7.18. The van der Waals surface area contributed by atoms with E-state index in [0.29, 0.717) is 12.1 Å². The minimum Gasteiger partial charge on any atom is -0.467 e. The smallest absolute Gasteiger partial charge is 0.254 e. The largest absolute Gasteiger partial charge is 0.467 e. The first kappa shape index (κ1) is 18.5. The van der Waals surface area contributed by atoms with Gasteiger partial charge in [-0.3, -0.25) is 9.59 Å². The fourth-order valence-electron chi connectivity index (χ4n) is 5.99. The Morgan fingerprint density at radius 2 is 1.83 bits per heavy atom. The Bertz CT molecular complexity index is 893. The summed E-state index contributed by atoms with van der Waals surface area (Å²) >= 11 is 0. The molecule has 2 aliphatic carbocycles. The van der Waals surface area contributed by atoms with Crippen molar-refractivity contribution in [3.8, 4) is 0 Å². The van der Waals surface area contributed by atoms with Gasteiger partial charge in [0.15, 0.2) is 0 Å². The van der Waals surface area contributed by atoms with E-state index in [1.807, 2.05) is 36.4 Å². The number of furan rings is 1. The van der Waals surface area contributed by atoms with E-state index in [-0.39, 0.29) is 23.8 Å². The van der Waals surface area contributed by atoms with Crippen molar-refractivity contribution in [1.29, 1.82) is 0 Å². The number of fused-ring (bicyclic) bond motifs is 1. The first-order valence-electron chi connectivity index (χ1n) is 10.9. The first-order valence-corrected chi connectivity index (χ1v) is 10.9. The number of carbonyl (C=O) groups is 2. The third kappa shape index (κ3) is 2.98. The molecule has 2 fully saturated rings. The first-order chi connectivity index (χ1) is 14.2. The minimum atomic E-state index is -0.395. The van der Waals surface area contributed by atoms with Crippen molar-refractivity contribution >= 4 is 11.8 Å². The standard InChI is InChI=1S/C24H28N2O3/c27-22(25-16-18-10-7-15-29-18)21-19-11-3-4-12-20(19)23(28)26(17-8-1-2-9-17)24(21)13-5-6-14-24/h3-4,7,10-12,15,17,21H,1-2,5-6,8-9,13-14,16H2,(H,25,27). The van der Waals surface area contributed by atoms with Crippen molar-refractivity contribution < 1.29 is 14.0 Å². The van der Waals surface area contributed by atoms with Gasteiger partial charge in [-0.1, -0.05) is 43.9 Å². The van der Waals surface area contributed by atoms with Crippen LogP contribution in [0.4, 0.5) is 0 Å². The molecule has 2 heterocycles. The maximum Gasteiger partial charge on any atom is 0.254 e. The number of hydrogen-bond acceptors (Lipinski definition) is 3. The van der Waals surface area contributed by atoms with E-state index in [1.54, 1.807) is 6.26 Å². The normalized spacial score (nSPS) is 23.5. The average Bonchev–Trinajstić information content (AvgIpc) is 3.50. The summed E-state index contributed by atoms with van der Waals surface area (Å²) in [6.45, 7) is 0.373. The van der Waals surface area contributed by atoms with Crippen LogP contribution in [-0.4, -0.2) is 28.3 Å². The van der Waals surface area contributed by atoms with Gasteiger partial charge in [0.2, 0.25) is 5.91 Å². The predicted molar refractivity (Wildman–Crippen MR) is 109 cm³/mol. The molecular formula is C24H28N2O3. The maximum absolute atomic E-state index is 13.7. The molecule has 2 saturated carbocycles. The van der Waals surface area contributed by atoms with Crippen LogP contribution >= 0.6 is 0 Å². The second-order valence-electron chi connectivity index (χ2n) is 8.74. The van der Waals surface area contributed by atoms with Gasteiger partial charge in [-0.15, -0.1) is 0 Å². The number of nitrogens with one attached hydrogen (secondary N) is 1. The zero-order chi connectivity index (χ0) is 19.8. The van der Waals surface area contributed by atoms with Crippen LogP contribution in [0.25, 0.3) is 0 Å². The molecule has 0 radical (unpaired) electrons. The van der Waals surface area contributed by atoms with E-state index in [1.165, 1.54) is 12.8 Å². The Hall–Kier alpha value is -2.56. The van der Waals surface area contributed by atoms with E-state index in [2.05, 4.69) is 10.2 Å². The average molecular weight is 392 g/mol. The van der Waals surface area contributed by atoms with Crippen molar-refractivity contribution in [1.82, 2.24) is 10.2 Å². The quantitative estimate of drug-likeness (QED) is 0.839. The molecule has 0 bridgehead atoms. The molecule has 1 aromatic carbocycles. The highest BCUT2D eigenvalue weighted by molar-refractivity contribution is 6.02. The molecule has 29 heavy (non-hydrogen) atoms. The van der Waals surface area contributed by atoms with Crippen LogP contribution < -0.4 is 5.32 Å². The van der Waals surface area contributed by atoms with Crippen LogP contribution in [0.5, 0.6) is 0 Å². The topological polar surface area (TPSA) is 62.6 Å². The molecule has 3 aliphatic rings. The van der Waals surface area contributed by atoms with Gasteiger partial charge in [-0.2, -0.15) is 0 Å². The van der Waals surface area contributed by atoms with Crippen molar-refractivity contribution in [3.05, 3.63) is 59.5 Å². The number of nitrogens with zero attached hydrogens (tertiary/aromatic N) is 1. The fraction of sp³-hybridized carbons (Fsp3) is 0.500. The molecule has 5 heteroatoms. The predicted octanol–water partition coefficient (Wildman–Crippen LogP) is 4.39. The number of rotatable bonds is 4. The minimum absolute atomic E-state index is 0.00578. The monoisotopic (exact) mass is 392 g/mol. The van der Waals surface area contributed by atoms with E-state index in [0.717, 1.165) is 49.8 Å². The van der Waals surface area contributed by atoms with Crippen molar-refractivity contribution in [2.24, 2.45) is 0 Å². The van der Waals surface area contributed by atoms with Gasteiger partial charge in [-0.05, 0) is 49.4 Å². The Balaban J connectivity index is 1.56. The van der Waals surface area contributed by atoms with E-state index < -0.39 is 5.54 Å².